The number of rotatable bonds is 0. The van der Waals surface area contributed by atoms with Crippen LogP contribution >= 0.6 is 0 Å². The lowest BCUT2D eigenvalue weighted by molar-refractivity contribution is 0.480. The molecule has 2 rings (SSSR count). The number of nitrogens with zero attached hydrogens (tertiary/aromatic N) is 2. The molecule has 4 nitrogen and oxygen atoms in total. The second-order valence-electron chi connectivity index (χ2n) is 2.25. The molecule has 0 radical (unpaired) electrons. The minimum atomic E-state index is -0.0356. The molecule has 1 aromatic heterocycles. The third-order valence-corrected chi connectivity index (χ3v) is 1.49. The van der Waals surface area contributed by atoms with Crippen LogP contribution in [0.4, 0.5) is 0 Å². The summed E-state index contributed by atoms with van der Waals surface area (Å²) in [6.45, 7) is 0. The summed E-state index contributed by atoms with van der Waals surface area (Å²) in [5.74, 6) is -0.00995. The molecule has 1 N–H and O–H groups in total. The molecule has 1 heterocycles. The molecule has 2 aromatic rings. The second-order valence-corrected chi connectivity index (χ2v) is 2.25. The summed E-state index contributed by atoms with van der Waals surface area (Å²) in [5, 5.41) is 17.7. The smallest absolute Gasteiger partial charge is 0.301 e. The van der Waals surface area contributed by atoms with Gasteiger partial charge in [-0.3, -0.25) is 0 Å². The van der Waals surface area contributed by atoms with E-state index in [2.05, 4.69) is 4.98 Å². The Kier molecular flexibility index (Phi) is 1.25. The average Bonchev–Trinajstić information content (AvgIpc) is 2.49. The number of phenolic OH excluding ortho intramolecular Hbond substituents is 1. The standard InChI is InChI=1S/C8H4N2O2/c9-4-7-10-8-5(11)2-1-3-6(8)12-7/h1-3,11H. The van der Waals surface area contributed by atoms with E-state index in [1.807, 2.05) is 0 Å². The molecule has 0 spiro atoms. The highest BCUT2D eigenvalue weighted by molar-refractivity contribution is 5.79. The van der Waals surface area contributed by atoms with Crippen LogP contribution in [0.25, 0.3) is 11.1 Å². The molecular weight excluding hydrogens is 156 g/mol. The number of aromatic hydroxyl groups is 1. The minimum absolute atomic E-state index is 0.0257. The molecule has 4 heteroatoms. The van der Waals surface area contributed by atoms with Crippen LogP contribution in [-0.2, 0) is 0 Å². The van der Waals surface area contributed by atoms with Gasteiger partial charge in [-0.05, 0) is 12.1 Å². The van der Waals surface area contributed by atoms with Crippen molar-refractivity contribution < 1.29 is 9.52 Å². The molecule has 0 unspecified atom stereocenters. The van der Waals surface area contributed by atoms with Gasteiger partial charge in [0.05, 0.1) is 0 Å². The fraction of sp³-hybridized carbons (Fsp3) is 0. The van der Waals surface area contributed by atoms with Crippen LogP contribution in [0.15, 0.2) is 22.6 Å². The fourth-order valence-electron chi connectivity index (χ4n) is 0.982. The minimum Gasteiger partial charge on any atom is -0.506 e. The van der Waals surface area contributed by atoms with Crippen LogP contribution in [0.3, 0.4) is 0 Å². The highest BCUT2D eigenvalue weighted by Gasteiger charge is 2.07. The van der Waals surface area contributed by atoms with Crippen molar-refractivity contribution in [1.29, 1.82) is 5.26 Å². The van der Waals surface area contributed by atoms with Gasteiger partial charge in [0.25, 0.3) is 0 Å². The van der Waals surface area contributed by atoms with Crippen molar-refractivity contribution in [3.8, 4) is 11.8 Å². The van der Waals surface area contributed by atoms with Crippen LogP contribution in [-0.4, -0.2) is 10.1 Å². The fourth-order valence-corrected chi connectivity index (χ4v) is 0.982. The van der Waals surface area contributed by atoms with E-state index in [1.165, 1.54) is 6.07 Å². The summed E-state index contributed by atoms with van der Waals surface area (Å²) < 4.78 is 4.97. The van der Waals surface area contributed by atoms with E-state index in [9.17, 15) is 5.11 Å². The van der Waals surface area contributed by atoms with Gasteiger partial charge in [0.15, 0.2) is 17.2 Å². The summed E-state index contributed by atoms with van der Waals surface area (Å²) in [4.78, 5) is 3.75. The molecule has 0 aliphatic heterocycles. The third kappa shape index (κ3) is 0.805. The monoisotopic (exact) mass is 160 g/mol. The van der Waals surface area contributed by atoms with Crippen LogP contribution in [0.5, 0.6) is 5.75 Å². The zero-order valence-electron chi connectivity index (χ0n) is 5.98. The lowest BCUT2D eigenvalue weighted by Gasteiger charge is -1.87. The van der Waals surface area contributed by atoms with Crippen molar-refractivity contribution in [1.82, 2.24) is 4.98 Å². The van der Waals surface area contributed by atoms with E-state index in [1.54, 1.807) is 18.2 Å². The first-order valence-electron chi connectivity index (χ1n) is 3.30. The first-order valence-corrected chi connectivity index (χ1v) is 3.30. The van der Waals surface area contributed by atoms with E-state index in [0.717, 1.165) is 0 Å². The molecule has 58 valence electrons. The Labute approximate surface area is 67.7 Å². The van der Waals surface area contributed by atoms with Crippen LogP contribution < -0.4 is 0 Å². The molecule has 0 aliphatic rings. The second kappa shape index (κ2) is 2.24. The number of phenols is 1. The maximum Gasteiger partial charge on any atom is 0.301 e. The Morgan fingerprint density at radius 1 is 1.50 bits per heavy atom. The molecule has 0 bridgehead atoms. The van der Waals surface area contributed by atoms with E-state index in [0.29, 0.717) is 11.1 Å². The van der Waals surface area contributed by atoms with Gasteiger partial charge < -0.3 is 9.52 Å². The number of oxazole rings is 1. The number of para-hydroxylation sites is 1. The molecule has 0 amide bonds. The first-order chi connectivity index (χ1) is 5.81. The van der Waals surface area contributed by atoms with Gasteiger partial charge in [0, 0.05) is 0 Å². The van der Waals surface area contributed by atoms with Crippen molar-refractivity contribution in [2.45, 2.75) is 0 Å². The molecule has 0 saturated carbocycles. The molecule has 0 saturated heterocycles. The molecule has 0 aliphatic carbocycles. The van der Waals surface area contributed by atoms with Crippen LogP contribution in [0.2, 0.25) is 0 Å². The normalized spacial score (nSPS) is 9.92. The lowest BCUT2D eigenvalue weighted by atomic mass is 10.3. The average molecular weight is 160 g/mol. The summed E-state index contributed by atoms with van der Waals surface area (Å²) in [6.07, 6.45) is 0. The molecule has 1 aromatic carbocycles. The number of hydrogen-bond acceptors (Lipinski definition) is 4. The maximum atomic E-state index is 9.25. The Morgan fingerprint density at radius 3 is 3.00 bits per heavy atom. The van der Waals surface area contributed by atoms with Gasteiger partial charge in [-0.15, -0.1) is 0 Å². The van der Waals surface area contributed by atoms with Crippen molar-refractivity contribution in [3.63, 3.8) is 0 Å². The van der Waals surface area contributed by atoms with Crippen molar-refractivity contribution >= 4 is 11.1 Å². The number of nitriles is 1. The SMILES string of the molecule is N#Cc1nc2c(O)cccc2o1. The first kappa shape index (κ1) is 6.68. The predicted molar refractivity (Wildman–Crippen MR) is 40.4 cm³/mol. The van der Waals surface area contributed by atoms with Gasteiger partial charge in [0.2, 0.25) is 0 Å². The van der Waals surface area contributed by atoms with E-state index in [-0.39, 0.29) is 11.6 Å². The van der Waals surface area contributed by atoms with Crippen LogP contribution in [0, 0.1) is 11.3 Å². The number of benzene rings is 1. The van der Waals surface area contributed by atoms with E-state index >= 15 is 0 Å². The molecule has 12 heavy (non-hydrogen) atoms. The largest absolute Gasteiger partial charge is 0.506 e. The van der Waals surface area contributed by atoms with Crippen molar-refractivity contribution in [2.24, 2.45) is 0 Å². The predicted octanol–water partition coefficient (Wildman–Crippen LogP) is 1.41. The lowest BCUT2D eigenvalue weighted by Crippen LogP contribution is -1.70. The van der Waals surface area contributed by atoms with E-state index in [4.69, 9.17) is 9.68 Å². The van der Waals surface area contributed by atoms with E-state index < -0.39 is 0 Å². The van der Waals surface area contributed by atoms with Gasteiger partial charge >= 0.3 is 5.89 Å². The van der Waals surface area contributed by atoms with Gasteiger partial charge in [-0.2, -0.15) is 10.2 Å². The van der Waals surface area contributed by atoms with Crippen molar-refractivity contribution in [2.75, 3.05) is 0 Å². The number of hydrogen-bond donors (Lipinski definition) is 1. The number of aromatic nitrogens is 1. The van der Waals surface area contributed by atoms with Gasteiger partial charge in [-0.1, -0.05) is 6.07 Å². The zero-order chi connectivity index (χ0) is 8.55. The van der Waals surface area contributed by atoms with Gasteiger partial charge in [0.1, 0.15) is 5.75 Å². The summed E-state index contributed by atoms with van der Waals surface area (Å²) in [6, 6.07) is 6.52. The summed E-state index contributed by atoms with van der Waals surface area (Å²) in [7, 11) is 0. The van der Waals surface area contributed by atoms with Crippen LogP contribution in [0.1, 0.15) is 5.89 Å². The quantitative estimate of drug-likeness (QED) is 0.632. The topological polar surface area (TPSA) is 70.0 Å². The highest BCUT2D eigenvalue weighted by atomic mass is 16.3. The Morgan fingerprint density at radius 2 is 2.33 bits per heavy atom. The molecule has 0 fully saturated rings. The Hall–Kier alpha value is -2.02. The summed E-state index contributed by atoms with van der Waals surface area (Å²) in [5.41, 5.74) is 0.751. The van der Waals surface area contributed by atoms with Crippen molar-refractivity contribution in [3.05, 3.63) is 24.1 Å². The maximum absolute atomic E-state index is 9.25. The van der Waals surface area contributed by atoms with Gasteiger partial charge in [-0.25, -0.2) is 0 Å². The number of fused-ring (bicyclic) bond motifs is 1. The Bertz CT molecular complexity index is 467. The third-order valence-electron chi connectivity index (χ3n) is 1.49. The summed E-state index contributed by atoms with van der Waals surface area (Å²) >= 11 is 0. The Balaban J connectivity index is 2.85. The highest BCUT2D eigenvalue weighted by Crippen LogP contribution is 2.23. The molecule has 0 atom stereocenters. The zero-order valence-corrected chi connectivity index (χ0v) is 5.98. The molecular formula is C8H4N2O2.